The van der Waals surface area contributed by atoms with Gasteiger partial charge in [0.2, 0.25) is 0 Å². The molecule has 5 heteroatoms. The number of carbonyl (C=O) groups excluding carboxylic acids is 2. The quantitative estimate of drug-likeness (QED) is 0.658. The molecule has 0 spiro atoms. The van der Waals surface area contributed by atoms with Crippen molar-refractivity contribution in [2.24, 2.45) is 17.6 Å². The van der Waals surface area contributed by atoms with Gasteiger partial charge in [-0.05, 0) is 31.6 Å². The van der Waals surface area contributed by atoms with E-state index < -0.39 is 23.2 Å². The van der Waals surface area contributed by atoms with Gasteiger partial charge in [0.1, 0.15) is 5.60 Å². The predicted molar refractivity (Wildman–Crippen MR) is 60.9 cm³/mol. The Kier molecular flexibility index (Phi) is 1.87. The third-order valence-corrected chi connectivity index (χ3v) is 4.42. The molecule has 18 heavy (non-hydrogen) atoms. The van der Waals surface area contributed by atoms with Crippen LogP contribution >= 0.6 is 0 Å². The van der Waals surface area contributed by atoms with Crippen LogP contribution in [0.1, 0.15) is 13.8 Å². The summed E-state index contributed by atoms with van der Waals surface area (Å²) >= 11 is 0. The first kappa shape index (κ1) is 11.3. The molecule has 4 atom stereocenters. The maximum Gasteiger partial charge on any atom is 0.164 e. The molecule has 1 aliphatic carbocycles. The van der Waals surface area contributed by atoms with Gasteiger partial charge in [-0.3, -0.25) is 15.3 Å². The number of ether oxygens (including phenoxy) is 1. The third kappa shape index (κ3) is 0.949. The lowest BCUT2D eigenvalue weighted by molar-refractivity contribution is -0.130. The van der Waals surface area contributed by atoms with E-state index in [1.54, 1.807) is 13.8 Å². The molecule has 2 aliphatic heterocycles. The number of rotatable bonds is 0. The monoisotopic (exact) mass is 244 g/mol. The zero-order chi connectivity index (χ0) is 13.3. The van der Waals surface area contributed by atoms with E-state index in [1.807, 2.05) is 6.07 Å². The maximum atomic E-state index is 12.0. The highest BCUT2D eigenvalue weighted by Gasteiger charge is 2.71. The van der Waals surface area contributed by atoms with E-state index in [4.69, 9.17) is 10.5 Å². The van der Waals surface area contributed by atoms with E-state index in [1.165, 1.54) is 12.2 Å². The van der Waals surface area contributed by atoms with Gasteiger partial charge in [-0.25, -0.2) is 0 Å². The highest BCUT2D eigenvalue weighted by molar-refractivity contribution is 6.09. The van der Waals surface area contributed by atoms with Crippen LogP contribution < -0.4 is 5.73 Å². The number of nitriles is 1. The van der Waals surface area contributed by atoms with Gasteiger partial charge in [0.15, 0.2) is 17.3 Å². The van der Waals surface area contributed by atoms with Gasteiger partial charge in [0, 0.05) is 0 Å². The van der Waals surface area contributed by atoms with Gasteiger partial charge in [-0.2, -0.15) is 5.26 Å². The van der Waals surface area contributed by atoms with Crippen molar-refractivity contribution in [2.75, 3.05) is 0 Å². The summed E-state index contributed by atoms with van der Waals surface area (Å²) in [6.45, 7) is 3.46. The molecule has 1 saturated heterocycles. The Labute approximate surface area is 104 Å². The van der Waals surface area contributed by atoms with Crippen LogP contribution in [0.3, 0.4) is 0 Å². The molecule has 1 fully saturated rings. The number of hydrogen-bond donors (Lipinski definition) is 1. The van der Waals surface area contributed by atoms with Gasteiger partial charge < -0.3 is 4.74 Å². The summed E-state index contributed by atoms with van der Waals surface area (Å²) in [6, 6.07) is 2.02. The summed E-state index contributed by atoms with van der Waals surface area (Å²) in [5, 5.41) is 9.20. The fourth-order valence-electron chi connectivity index (χ4n) is 3.46. The summed E-state index contributed by atoms with van der Waals surface area (Å²) in [5.41, 5.74) is 4.67. The summed E-state index contributed by atoms with van der Waals surface area (Å²) in [6.07, 6.45) is 2.51. The number of fused-ring (bicyclic) bond motifs is 5. The van der Waals surface area contributed by atoms with E-state index in [-0.39, 0.29) is 17.1 Å². The van der Waals surface area contributed by atoms with Crippen LogP contribution in [-0.2, 0) is 14.3 Å². The lowest BCUT2D eigenvalue weighted by atomic mass is 9.63. The van der Waals surface area contributed by atoms with Gasteiger partial charge in [0.05, 0.1) is 23.5 Å². The lowest BCUT2D eigenvalue weighted by Crippen LogP contribution is -2.54. The average Bonchev–Trinajstić information content (AvgIpc) is 2.66. The molecule has 3 aliphatic rings. The van der Waals surface area contributed by atoms with Crippen LogP contribution in [0.2, 0.25) is 0 Å². The second-order valence-electron chi connectivity index (χ2n) is 5.21. The molecule has 5 nitrogen and oxygen atoms in total. The number of allylic oxidation sites excluding steroid dienone is 2. The molecule has 0 radical (unpaired) electrons. The third-order valence-electron chi connectivity index (χ3n) is 4.42. The largest absolute Gasteiger partial charge is 0.344 e. The number of ketones is 2. The normalized spacial score (nSPS) is 45.4. The number of hydrogen-bond acceptors (Lipinski definition) is 5. The molecule has 2 heterocycles. The van der Waals surface area contributed by atoms with Crippen molar-refractivity contribution in [3.05, 3.63) is 23.3 Å². The average molecular weight is 244 g/mol. The molecule has 0 aromatic carbocycles. The van der Waals surface area contributed by atoms with Gasteiger partial charge in [-0.15, -0.1) is 0 Å². The Morgan fingerprint density at radius 2 is 1.89 bits per heavy atom. The van der Waals surface area contributed by atoms with Crippen molar-refractivity contribution in [2.45, 2.75) is 25.2 Å². The van der Waals surface area contributed by atoms with Crippen LogP contribution in [0.25, 0.3) is 0 Å². The SMILES string of the molecule is CC1=C(C#N)C2(N)OC1(C)C1C(=O)C=CC(=O)C12. The number of nitrogens with two attached hydrogens (primary N) is 1. The molecule has 2 N–H and O–H groups in total. The summed E-state index contributed by atoms with van der Waals surface area (Å²) < 4.78 is 5.75. The minimum Gasteiger partial charge on any atom is -0.344 e. The molecular weight excluding hydrogens is 232 g/mol. The van der Waals surface area contributed by atoms with Crippen molar-refractivity contribution < 1.29 is 14.3 Å². The van der Waals surface area contributed by atoms with Crippen molar-refractivity contribution in [3.63, 3.8) is 0 Å². The van der Waals surface area contributed by atoms with Gasteiger partial charge in [-0.1, -0.05) is 0 Å². The molecule has 92 valence electrons. The molecule has 0 amide bonds. The van der Waals surface area contributed by atoms with Gasteiger partial charge in [0.25, 0.3) is 0 Å². The topological polar surface area (TPSA) is 93.2 Å². The summed E-state index contributed by atoms with van der Waals surface area (Å²) in [7, 11) is 0. The van der Waals surface area contributed by atoms with E-state index in [0.29, 0.717) is 5.57 Å². The molecule has 3 rings (SSSR count). The summed E-state index contributed by atoms with van der Waals surface area (Å²) in [5.74, 6) is -1.80. The molecule has 0 aromatic rings. The highest BCUT2D eigenvalue weighted by atomic mass is 16.6. The highest BCUT2D eigenvalue weighted by Crippen LogP contribution is 2.59. The lowest BCUT2D eigenvalue weighted by Gasteiger charge is -2.35. The molecular formula is C13H12N2O3. The Morgan fingerprint density at radius 1 is 1.33 bits per heavy atom. The zero-order valence-electron chi connectivity index (χ0n) is 10.1. The fourth-order valence-corrected chi connectivity index (χ4v) is 3.46. The van der Waals surface area contributed by atoms with Crippen molar-refractivity contribution in [1.29, 1.82) is 5.26 Å². The molecule has 0 aromatic heterocycles. The standard InChI is InChI=1S/C13H12N2O3/c1-6-7(5-14)13(15)11-9(17)4-3-8(16)10(11)12(6,2)18-13/h3-4,10-11H,15H2,1-2H3. The van der Waals surface area contributed by atoms with E-state index in [2.05, 4.69) is 0 Å². The second-order valence-corrected chi connectivity index (χ2v) is 5.21. The van der Waals surface area contributed by atoms with Crippen molar-refractivity contribution in [3.8, 4) is 6.07 Å². The first-order valence-corrected chi connectivity index (χ1v) is 5.73. The molecule has 0 saturated carbocycles. The van der Waals surface area contributed by atoms with Crippen LogP contribution in [0.4, 0.5) is 0 Å². The maximum absolute atomic E-state index is 12.0. The van der Waals surface area contributed by atoms with Crippen LogP contribution in [-0.4, -0.2) is 22.9 Å². The van der Waals surface area contributed by atoms with Crippen LogP contribution in [0, 0.1) is 23.2 Å². The smallest absolute Gasteiger partial charge is 0.164 e. The van der Waals surface area contributed by atoms with Crippen LogP contribution in [0.15, 0.2) is 23.3 Å². The summed E-state index contributed by atoms with van der Waals surface area (Å²) in [4.78, 5) is 24.0. The Bertz CT molecular complexity index is 598. The van der Waals surface area contributed by atoms with E-state index in [9.17, 15) is 14.9 Å². The minimum absolute atomic E-state index is 0.161. The zero-order valence-corrected chi connectivity index (χ0v) is 10.1. The van der Waals surface area contributed by atoms with Crippen molar-refractivity contribution >= 4 is 11.6 Å². The second kappa shape index (κ2) is 2.97. The first-order chi connectivity index (χ1) is 8.36. The van der Waals surface area contributed by atoms with Gasteiger partial charge >= 0.3 is 0 Å². The molecule has 2 bridgehead atoms. The first-order valence-electron chi connectivity index (χ1n) is 5.73. The van der Waals surface area contributed by atoms with E-state index in [0.717, 1.165) is 0 Å². The van der Waals surface area contributed by atoms with E-state index >= 15 is 0 Å². The number of nitrogens with zero attached hydrogens (tertiary/aromatic N) is 1. The number of carbonyl (C=O) groups is 2. The predicted octanol–water partition coefficient (Wildman–Crippen LogP) is 0.224. The molecule has 4 unspecified atom stereocenters. The Morgan fingerprint density at radius 3 is 2.44 bits per heavy atom. The van der Waals surface area contributed by atoms with Crippen LogP contribution in [0.5, 0.6) is 0 Å². The Hall–Kier alpha value is -1.77. The Balaban J connectivity index is 2.29. The van der Waals surface area contributed by atoms with Crippen molar-refractivity contribution in [1.82, 2.24) is 0 Å². The minimum atomic E-state index is -1.45. The fraction of sp³-hybridized carbons (Fsp3) is 0.462.